The van der Waals surface area contributed by atoms with Crippen LogP contribution in [0, 0.1) is 17.2 Å². The van der Waals surface area contributed by atoms with Gasteiger partial charge in [0, 0.05) is 39.5 Å². The summed E-state index contributed by atoms with van der Waals surface area (Å²) in [6, 6.07) is 5.37. The smallest absolute Gasteiger partial charge is 0.130 e. The fourth-order valence-corrected chi connectivity index (χ4v) is 5.12. The van der Waals surface area contributed by atoms with Gasteiger partial charge in [0.15, 0.2) is 0 Å². The lowest BCUT2D eigenvalue weighted by Gasteiger charge is -2.26. The van der Waals surface area contributed by atoms with Crippen LogP contribution in [0.25, 0.3) is 0 Å². The van der Waals surface area contributed by atoms with E-state index in [9.17, 15) is 5.26 Å². The molecule has 0 aromatic carbocycles. The molecule has 26 heavy (non-hydrogen) atoms. The number of rotatable bonds is 4. The zero-order chi connectivity index (χ0) is 18.7. The third kappa shape index (κ3) is 2.69. The number of nitrogens with two attached hydrogens (primary N) is 1. The normalized spacial score (nSPS) is 26.8. The largest absolute Gasteiger partial charge is 0.327 e. The van der Waals surface area contributed by atoms with Gasteiger partial charge in [-0.15, -0.1) is 0 Å². The minimum absolute atomic E-state index is 0.0396. The number of nitriles is 1. The van der Waals surface area contributed by atoms with Crippen LogP contribution in [-0.2, 0) is 10.8 Å². The molecule has 2 aromatic rings. The Labute approximate surface area is 171 Å². The molecule has 2 N–H and O–H groups in total. The SMILES string of the molecule is N#CC1(c2cnc(Cl)cc2Cl)CC1C(N)C1(c2cnc(Cl)cc2Cl)CC1. The first-order valence-electron chi connectivity index (χ1n) is 8.14. The Kier molecular flexibility index (Phi) is 4.38. The first-order valence-corrected chi connectivity index (χ1v) is 9.65. The summed E-state index contributed by atoms with van der Waals surface area (Å²) in [5, 5.41) is 11.5. The molecule has 3 atom stereocenters. The second kappa shape index (κ2) is 6.22. The van der Waals surface area contributed by atoms with Gasteiger partial charge in [0.1, 0.15) is 10.3 Å². The van der Waals surface area contributed by atoms with Crippen molar-refractivity contribution in [1.29, 1.82) is 5.26 Å². The molecule has 2 fully saturated rings. The predicted octanol–water partition coefficient (Wildman–Crippen LogP) is 4.93. The highest BCUT2D eigenvalue weighted by Crippen LogP contribution is 2.64. The maximum atomic E-state index is 9.89. The van der Waals surface area contributed by atoms with Crippen molar-refractivity contribution in [1.82, 2.24) is 9.97 Å². The van der Waals surface area contributed by atoms with E-state index in [0.29, 0.717) is 32.3 Å². The van der Waals surface area contributed by atoms with Crippen molar-refractivity contribution in [3.05, 3.63) is 56.0 Å². The summed E-state index contributed by atoms with van der Waals surface area (Å²) in [6.07, 6.45) is 5.72. The van der Waals surface area contributed by atoms with Crippen molar-refractivity contribution in [2.75, 3.05) is 0 Å². The zero-order valence-corrected chi connectivity index (χ0v) is 16.5. The lowest BCUT2D eigenvalue weighted by molar-refractivity contribution is 0.444. The van der Waals surface area contributed by atoms with Crippen molar-refractivity contribution in [2.45, 2.75) is 36.1 Å². The van der Waals surface area contributed by atoms with E-state index in [4.69, 9.17) is 52.1 Å². The third-order valence-electron chi connectivity index (χ3n) is 5.73. The Morgan fingerprint density at radius 3 is 2.04 bits per heavy atom. The molecule has 134 valence electrons. The average molecular weight is 428 g/mol. The molecule has 0 saturated heterocycles. The maximum absolute atomic E-state index is 9.89. The summed E-state index contributed by atoms with van der Waals surface area (Å²) in [5.74, 6) is -0.0396. The number of hydrogen-bond acceptors (Lipinski definition) is 4. The summed E-state index contributed by atoms with van der Waals surface area (Å²) < 4.78 is 0. The molecule has 0 aliphatic heterocycles. The molecule has 2 aliphatic carbocycles. The maximum Gasteiger partial charge on any atom is 0.130 e. The zero-order valence-electron chi connectivity index (χ0n) is 13.5. The second-order valence-corrected chi connectivity index (χ2v) is 8.64. The van der Waals surface area contributed by atoms with Crippen molar-refractivity contribution in [3.63, 3.8) is 0 Å². The molecule has 0 bridgehead atoms. The highest BCUT2D eigenvalue weighted by molar-refractivity contribution is 6.35. The van der Waals surface area contributed by atoms with Crippen molar-refractivity contribution >= 4 is 46.4 Å². The molecular formula is C18H14Cl4N4. The molecule has 0 amide bonds. The Balaban J connectivity index is 1.67. The minimum Gasteiger partial charge on any atom is -0.327 e. The number of hydrogen-bond donors (Lipinski definition) is 1. The van der Waals surface area contributed by atoms with E-state index < -0.39 is 5.41 Å². The van der Waals surface area contributed by atoms with Gasteiger partial charge >= 0.3 is 0 Å². The summed E-state index contributed by atoms with van der Waals surface area (Å²) in [7, 11) is 0. The average Bonchev–Trinajstić information content (AvgIpc) is 3.49. The van der Waals surface area contributed by atoms with Crippen molar-refractivity contribution in [3.8, 4) is 6.07 Å². The lowest BCUT2D eigenvalue weighted by Crippen LogP contribution is -2.39. The Hall–Kier alpha value is -1.09. The van der Waals surface area contributed by atoms with Crippen LogP contribution in [0.15, 0.2) is 24.5 Å². The molecule has 0 spiro atoms. The molecule has 2 heterocycles. The van der Waals surface area contributed by atoms with Crippen LogP contribution in [0.2, 0.25) is 20.4 Å². The molecule has 2 saturated carbocycles. The lowest BCUT2D eigenvalue weighted by atomic mass is 9.82. The first-order chi connectivity index (χ1) is 12.3. The molecule has 4 nitrogen and oxygen atoms in total. The molecule has 2 aliphatic rings. The highest BCUT2D eigenvalue weighted by Gasteiger charge is 2.66. The standard InChI is InChI=1S/C18H14Cl4N4/c19-12-3-14(21)25-6-10(12)17(1-2-17)16(24)9-5-18(9,8-23)11-7-26-15(22)4-13(11)20/h3-4,6-7,9,16H,1-2,5,24H2. The fraction of sp³-hybridized carbons (Fsp3) is 0.389. The summed E-state index contributed by atoms with van der Waals surface area (Å²) in [6.45, 7) is 0. The van der Waals surface area contributed by atoms with Crippen LogP contribution in [0.5, 0.6) is 0 Å². The summed E-state index contributed by atoms with van der Waals surface area (Å²) >= 11 is 24.5. The van der Waals surface area contributed by atoms with E-state index in [1.165, 1.54) is 0 Å². The van der Waals surface area contributed by atoms with Crippen LogP contribution in [0.4, 0.5) is 0 Å². The van der Waals surface area contributed by atoms with Gasteiger partial charge in [-0.25, -0.2) is 9.97 Å². The third-order valence-corrected chi connectivity index (χ3v) is 6.77. The van der Waals surface area contributed by atoms with E-state index in [0.717, 1.165) is 18.4 Å². The molecule has 3 unspecified atom stereocenters. The van der Waals surface area contributed by atoms with E-state index in [1.54, 1.807) is 24.5 Å². The molecule has 0 radical (unpaired) electrons. The highest BCUT2D eigenvalue weighted by atomic mass is 35.5. The van der Waals surface area contributed by atoms with Crippen LogP contribution in [0.1, 0.15) is 30.4 Å². The number of aromatic nitrogens is 2. The van der Waals surface area contributed by atoms with Crippen molar-refractivity contribution in [2.24, 2.45) is 11.7 Å². The molecule has 2 aromatic heterocycles. The van der Waals surface area contributed by atoms with Crippen LogP contribution >= 0.6 is 46.4 Å². The van der Waals surface area contributed by atoms with E-state index in [2.05, 4.69) is 16.0 Å². The van der Waals surface area contributed by atoms with Crippen LogP contribution < -0.4 is 5.73 Å². The van der Waals surface area contributed by atoms with E-state index in [1.807, 2.05) is 0 Å². The van der Waals surface area contributed by atoms with Gasteiger partial charge in [0.2, 0.25) is 0 Å². The van der Waals surface area contributed by atoms with Gasteiger partial charge in [-0.05, 0) is 42.9 Å². The first kappa shape index (κ1) is 18.3. The van der Waals surface area contributed by atoms with Crippen molar-refractivity contribution < 1.29 is 0 Å². The Bertz CT molecular complexity index is 937. The van der Waals surface area contributed by atoms with Gasteiger partial charge in [0.05, 0.1) is 11.5 Å². The van der Waals surface area contributed by atoms with Gasteiger partial charge in [-0.1, -0.05) is 46.4 Å². The number of halogens is 4. The molecular weight excluding hydrogens is 414 g/mol. The van der Waals surface area contributed by atoms with Crippen LogP contribution in [-0.4, -0.2) is 16.0 Å². The molecule has 4 rings (SSSR count). The number of nitrogens with zero attached hydrogens (tertiary/aromatic N) is 3. The molecule has 8 heteroatoms. The quantitative estimate of drug-likeness (QED) is 0.701. The monoisotopic (exact) mass is 426 g/mol. The summed E-state index contributed by atoms with van der Waals surface area (Å²) in [4.78, 5) is 8.25. The predicted molar refractivity (Wildman–Crippen MR) is 103 cm³/mol. The fourth-order valence-electron chi connectivity index (χ4n) is 4.03. The minimum atomic E-state index is -0.740. The number of pyridine rings is 2. The van der Waals surface area contributed by atoms with Gasteiger partial charge in [-0.3, -0.25) is 0 Å². The van der Waals surface area contributed by atoms with E-state index >= 15 is 0 Å². The summed E-state index contributed by atoms with van der Waals surface area (Å²) in [5.41, 5.74) is 7.23. The second-order valence-electron chi connectivity index (χ2n) is 7.05. The van der Waals surface area contributed by atoms with Gasteiger partial charge < -0.3 is 5.73 Å². The van der Waals surface area contributed by atoms with E-state index in [-0.39, 0.29) is 17.4 Å². The Morgan fingerprint density at radius 2 is 1.58 bits per heavy atom. The van der Waals surface area contributed by atoms with Crippen LogP contribution in [0.3, 0.4) is 0 Å². The van der Waals surface area contributed by atoms with Gasteiger partial charge in [0.25, 0.3) is 0 Å². The topological polar surface area (TPSA) is 75.6 Å². The Morgan fingerprint density at radius 1 is 1.04 bits per heavy atom. The van der Waals surface area contributed by atoms with Gasteiger partial charge in [-0.2, -0.15) is 5.26 Å².